The number of aromatic nitrogens is 1. The highest BCUT2D eigenvalue weighted by Gasteiger charge is 2.27. The molecular formula is C16H19N3O. The molecule has 0 unspecified atom stereocenters. The number of para-hydroxylation sites is 1. The molecule has 104 valence electrons. The molecule has 0 atom stereocenters. The Bertz CT molecular complexity index is 648. The maximum absolute atomic E-state index is 12.5. The van der Waals surface area contributed by atoms with E-state index in [1.165, 1.54) is 0 Å². The molecule has 3 rings (SSSR count). The lowest BCUT2D eigenvalue weighted by Gasteiger charge is -2.12. The van der Waals surface area contributed by atoms with Gasteiger partial charge in [-0.3, -0.25) is 4.79 Å². The summed E-state index contributed by atoms with van der Waals surface area (Å²) < 4.78 is 2.00. The second-order valence-electron chi connectivity index (χ2n) is 5.52. The van der Waals surface area contributed by atoms with Gasteiger partial charge in [0.05, 0.1) is 5.69 Å². The number of aryl methyl sites for hydroxylation is 2. The smallest absolute Gasteiger partial charge is 0.272 e. The summed E-state index contributed by atoms with van der Waals surface area (Å²) in [6, 6.07) is 8.17. The number of carbonyl (C=O) groups is 1. The SMILES string of the molecule is Cc1cccc(C)c1NC(=O)c1cc(N)cn1C1CC1. The zero-order valence-electron chi connectivity index (χ0n) is 11.8. The first-order valence-electron chi connectivity index (χ1n) is 6.91. The molecule has 0 bridgehead atoms. The molecule has 1 aliphatic carbocycles. The first-order chi connectivity index (χ1) is 9.56. The Labute approximate surface area is 118 Å². The van der Waals surface area contributed by atoms with E-state index >= 15 is 0 Å². The number of nitrogen functional groups attached to an aromatic ring is 1. The number of anilines is 2. The largest absolute Gasteiger partial charge is 0.397 e. The van der Waals surface area contributed by atoms with Gasteiger partial charge in [-0.05, 0) is 43.9 Å². The third-order valence-electron chi connectivity index (χ3n) is 3.76. The van der Waals surface area contributed by atoms with Crippen molar-refractivity contribution in [1.29, 1.82) is 0 Å². The summed E-state index contributed by atoms with van der Waals surface area (Å²) >= 11 is 0. The van der Waals surface area contributed by atoms with Crippen LogP contribution in [-0.4, -0.2) is 10.5 Å². The molecule has 4 heteroatoms. The van der Waals surface area contributed by atoms with Crippen LogP contribution in [0.1, 0.15) is 40.5 Å². The number of benzene rings is 1. The van der Waals surface area contributed by atoms with Gasteiger partial charge < -0.3 is 15.6 Å². The Morgan fingerprint density at radius 1 is 1.30 bits per heavy atom. The first-order valence-corrected chi connectivity index (χ1v) is 6.91. The Balaban J connectivity index is 1.90. The summed E-state index contributed by atoms with van der Waals surface area (Å²) in [6.45, 7) is 3.99. The van der Waals surface area contributed by atoms with Crippen LogP contribution in [0.15, 0.2) is 30.5 Å². The fraction of sp³-hybridized carbons (Fsp3) is 0.312. The van der Waals surface area contributed by atoms with Crippen molar-refractivity contribution >= 4 is 17.3 Å². The van der Waals surface area contributed by atoms with E-state index in [0.717, 1.165) is 29.7 Å². The predicted molar refractivity (Wildman–Crippen MR) is 81.0 cm³/mol. The lowest BCUT2D eigenvalue weighted by atomic mass is 10.1. The first kappa shape index (κ1) is 12.8. The van der Waals surface area contributed by atoms with E-state index in [-0.39, 0.29) is 5.91 Å². The summed E-state index contributed by atoms with van der Waals surface area (Å²) in [5.41, 5.74) is 10.1. The van der Waals surface area contributed by atoms with Crippen LogP contribution in [0.3, 0.4) is 0 Å². The molecule has 3 N–H and O–H groups in total. The molecule has 0 aliphatic heterocycles. The van der Waals surface area contributed by atoms with Crippen LogP contribution >= 0.6 is 0 Å². The molecule has 4 nitrogen and oxygen atoms in total. The Morgan fingerprint density at radius 2 is 1.95 bits per heavy atom. The van der Waals surface area contributed by atoms with E-state index in [9.17, 15) is 4.79 Å². The lowest BCUT2D eigenvalue weighted by Crippen LogP contribution is -2.17. The van der Waals surface area contributed by atoms with Crippen LogP contribution in [0, 0.1) is 13.8 Å². The highest BCUT2D eigenvalue weighted by molar-refractivity contribution is 6.04. The predicted octanol–water partition coefficient (Wildman–Crippen LogP) is 3.27. The summed E-state index contributed by atoms with van der Waals surface area (Å²) in [5.74, 6) is -0.0917. The molecule has 1 heterocycles. The van der Waals surface area contributed by atoms with Gasteiger partial charge in [-0.1, -0.05) is 18.2 Å². The van der Waals surface area contributed by atoms with Crippen molar-refractivity contribution in [1.82, 2.24) is 4.57 Å². The molecular weight excluding hydrogens is 250 g/mol. The topological polar surface area (TPSA) is 60.1 Å². The molecule has 2 aromatic rings. The van der Waals surface area contributed by atoms with Crippen LogP contribution in [-0.2, 0) is 0 Å². The highest BCUT2D eigenvalue weighted by atomic mass is 16.2. The van der Waals surface area contributed by atoms with Crippen molar-refractivity contribution in [3.05, 3.63) is 47.3 Å². The van der Waals surface area contributed by atoms with Crippen LogP contribution in [0.25, 0.3) is 0 Å². The van der Waals surface area contributed by atoms with Gasteiger partial charge in [0.25, 0.3) is 5.91 Å². The number of amides is 1. The summed E-state index contributed by atoms with van der Waals surface area (Å²) in [7, 11) is 0. The maximum Gasteiger partial charge on any atom is 0.272 e. The van der Waals surface area contributed by atoms with E-state index in [2.05, 4.69) is 5.32 Å². The zero-order chi connectivity index (χ0) is 14.3. The molecule has 1 saturated carbocycles. The van der Waals surface area contributed by atoms with Gasteiger partial charge in [-0.15, -0.1) is 0 Å². The van der Waals surface area contributed by atoms with Gasteiger partial charge in [-0.2, -0.15) is 0 Å². The quantitative estimate of drug-likeness (QED) is 0.898. The van der Waals surface area contributed by atoms with Crippen molar-refractivity contribution < 1.29 is 4.79 Å². The standard InChI is InChI=1S/C16H19N3O/c1-10-4-3-5-11(2)15(10)18-16(20)14-8-12(17)9-19(14)13-6-7-13/h3-5,8-9,13H,6-7,17H2,1-2H3,(H,18,20). The molecule has 0 spiro atoms. The number of nitrogens with zero attached hydrogens (tertiary/aromatic N) is 1. The molecule has 1 amide bonds. The van der Waals surface area contributed by atoms with E-state index in [0.29, 0.717) is 17.4 Å². The third kappa shape index (κ3) is 2.29. The van der Waals surface area contributed by atoms with Crippen molar-refractivity contribution in [2.45, 2.75) is 32.7 Å². The fourth-order valence-corrected chi connectivity index (χ4v) is 2.53. The number of hydrogen-bond donors (Lipinski definition) is 2. The van der Waals surface area contributed by atoms with Crippen LogP contribution < -0.4 is 11.1 Å². The maximum atomic E-state index is 12.5. The average Bonchev–Trinajstić information content (AvgIpc) is 3.17. The number of nitrogens with two attached hydrogens (primary N) is 1. The molecule has 1 aromatic carbocycles. The number of carbonyl (C=O) groups excluding carboxylic acids is 1. The number of nitrogens with one attached hydrogen (secondary N) is 1. The Kier molecular flexibility index (Phi) is 3.01. The van der Waals surface area contributed by atoms with E-state index in [4.69, 9.17) is 5.73 Å². The minimum absolute atomic E-state index is 0.0917. The molecule has 0 radical (unpaired) electrons. The average molecular weight is 269 g/mol. The third-order valence-corrected chi connectivity index (χ3v) is 3.76. The molecule has 1 aromatic heterocycles. The monoisotopic (exact) mass is 269 g/mol. The minimum atomic E-state index is -0.0917. The second kappa shape index (κ2) is 4.71. The number of hydrogen-bond acceptors (Lipinski definition) is 2. The Morgan fingerprint density at radius 3 is 2.55 bits per heavy atom. The van der Waals surface area contributed by atoms with Gasteiger partial charge in [0, 0.05) is 17.9 Å². The van der Waals surface area contributed by atoms with Crippen LogP contribution in [0.5, 0.6) is 0 Å². The summed E-state index contributed by atoms with van der Waals surface area (Å²) in [4.78, 5) is 12.5. The summed E-state index contributed by atoms with van der Waals surface area (Å²) in [5, 5.41) is 3.02. The van der Waals surface area contributed by atoms with E-state index in [1.54, 1.807) is 6.07 Å². The van der Waals surface area contributed by atoms with E-state index in [1.807, 2.05) is 42.8 Å². The number of rotatable bonds is 3. The Hall–Kier alpha value is -2.23. The van der Waals surface area contributed by atoms with Gasteiger partial charge in [-0.25, -0.2) is 0 Å². The highest BCUT2D eigenvalue weighted by Crippen LogP contribution is 2.37. The van der Waals surface area contributed by atoms with Crippen molar-refractivity contribution in [3.8, 4) is 0 Å². The van der Waals surface area contributed by atoms with Crippen molar-refractivity contribution in [2.24, 2.45) is 0 Å². The van der Waals surface area contributed by atoms with Crippen molar-refractivity contribution in [2.75, 3.05) is 11.1 Å². The van der Waals surface area contributed by atoms with E-state index < -0.39 is 0 Å². The zero-order valence-corrected chi connectivity index (χ0v) is 11.8. The molecule has 0 saturated heterocycles. The van der Waals surface area contributed by atoms with Gasteiger partial charge in [0.1, 0.15) is 5.69 Å². The van der Waals surface area contributed by atoms with Gasteiger partial charge in [0.2, 0.25) is 0 Å². The molecule has 20 heavy (non-hydrogen) atoms. The second-order valence-corrected chi connectivity index (χ2v) is 5.52. The fourth-order valence-electron chi connectivity index (χ4n) is 2.53. The van der Waals surface area contributed by atoms with Crippen molar-refractivity contribution in [3.63, 3.8) is 0 Å². The van der Waals surface area contributed by atoms with Gasteiger partial charge >= 0.3 is 0 Å². The molecule has 1 fully saturated rings. The normalized spacial score (nSPS) is 14.3. The minimum Gasteiger partial charge on any atom is -0.397 e. The lowest BCUT2D eigenvalue weighted by molar-refractivity contribution is 0.101. The van der Waals surface area contributed by atoms with Crippen LogP contribution in [0.2, 0.25) is 0 Å². The molecule has 1 aliphatic rings. The van der Waals surface area contributed by atoms with Gasteiger partial charge in [0.15, 0.2) is 0 Å². The van der Waals surface area contributed by atoms with Crippen LogP contribution in [0.4, 0.5) is 11.4 Å². The summed E-state index contributed by atoms with van der Waals surface area (Å²) in [6.07, 6.45) is 4.10.